The first-order valence-electron chi connectivity index (χ1n) is 6.77. The van der Waals surface area contributed by atoms with Gasteiger partial charge >= 0.3 is 0 Å². The Bertz CT molecular complexity index is 826. The van der Waals surface area contributed by atoms with Crippen LogP contribution in [0.1, 0.15) is 17.2 Å². The van der Waals surface area contributed by atoms with Crippen molar-refractivity contribution in [2.24, 2.45) is 0 Å². The molecule has 0 fully saturated rings. The Balaban J connectivity index is 1.75. The summed E-state index contributed by atoms with van der Waals surface area (Å²) in [6, 6.07) is 18.3. The van der Waals surface area contributed by atoms with Crippen molar-refractivity contribution in [3.8, 4) is 0 Å². The number of hydrogen-bond acceptors (Lipinski definition) is 2. The minimum Gasteiger partial charge on any atom is -0.378 e. The standard InChI is InChI=1S/C17H14N2O/c20-17-8-7-11-5-6-13(10-15(11)19-17)16-9-12-3-1-2-4-14(12)18-16/h1-8,10,16,18H,9H2,(H,19,20). The van der Waals surface area contributed by atoms with Crippen LogP contribution in [-0.2, 0) is 6.42 Å². The van der Waals surface area contributed by atoms with E-state index < -0.39 is 0 Å². The smallest absolute Gasteiger partial charge is 0.248 e. The Hall–Kier alpha value is -2.55. The molecule has 0 radical (unpaired) electrons. The average molecular weight is 262 g/mol. The maximum absolute atomic E-state index is 11.4. The molecule has 0 bridgehead atoms. The maximum atomic E-state index is 11.4. The number of aromatic amines is 1. The number of fused-ring (bicyclic) bond motifs is 2. The molecule has 2 N–H and O–H groups in total. The summed E-state index contributed by atoms with van der Waals surface area (Å²) in [5.41, 5.74) is 4.60. The number of anilines is 1. The van der Waals surface area contributed by atoms with Crippen molar-refractivity contribution >= 4 is 16.6 Å². The van der Waals surface area contributed by atoms with Crippen LogP contribution < -0.4 is 10.9 Å². The zero-order valence-electron chi connectivity index (χ0n) is 10.9. The molecule has 0 amide bonds. The van der Waals surface area contributed by atoms with E-state index >= 15 is 0 Å². The van der Waals surface area contributed by atoms with Crippen LogP contribution in [0, 0.1) is 0 Å². The summed E-state index contributed by atoms with van der Waals surface area (Å²) in [5, 5.41) is 4.60. The summed E-state index contributed by atoms with van der Waals surface area (Å²) in [7, 11) is 0. The summed E-state index contributed by atoms with van der Waals surface area (Å²) < 4.78 is 0. The molecule has 1 aliphatic heterocycles. The van der Waals surface area contributed by atoms with Crippen molar-refractivity contribution in [3.63, 3.8) is 0 Å². The number of hydrogen-bond donors (Lipinski definition) is 2. The second-order valence-corrected chi connectivity index (χ2v) is 5.23. The summed E-state index contributed by atoms with van der Waals surface area (Å²) in [6.45, 7) is 0. The first kappa shape index (κ1) is 11.3. The van der Waals surface area contributed by atoms with E-state index in [4.69, 9.17) is 0 Å². The summed E-state index contributed by atoms with van der Waals surface area (Å²) in [6.07, 6.45) is 0.985. The van der Waals surface area contributed by atoms with E-state index in [-0.39, 0.29) is 11.6 Å². The van der Waals surface area contributed by atoms with Gasteiger partial charge in [0.05, 0.1) is 6.04 Å². The summed E-state index contributed by atoms with van der Waals surface area (Å²) in [5.74, 6) is 0. The van der Waals surface area contributed by atoms with Gasteiger partial charge < -0.3 is 10.3 Å². The molecule has 0 saturated heterocycles. The lowest BCUT2D eigenvalue weighted by atomic mass is 10.0. The number of pyridine rings is 1. The van der Waals surface area contributed by atoms with Gasteiger partial charge in [0.1, 0.15) is 0 Å². The lowest BCUT2D eigenvalue weighted by molar-refractivity contribution is 0.825. The highest BCUT2D eigenvalue weighted by molar-refractivity contribution is 5.79. The molecule has 1 atom stereocenters. The molecule has 3 heteroatoms. The van der Waals surface area contributed by atoms with Gasteiger partial charge in [-0.05, 0) is 41.1 Å². The Labute approximate surface area is 116 Å². The second-order valence-electron chi connectivity index (χ2n) is 5.23. The third kappa shape index (κ3) is 1.79. The Morgan fingerprint density at radius 2 is 1.85 bits per heavy atom. The first-order chi connectivity index (χ1) is 9.79. The fourth-order valence-electron chi connectivity index (χ4n) is 2.88. The van der Waals surface area contributed by atoms with E-state index in [2.05, 4.69) is 46.7 Å². The van der Waals surface area contributed by atoms with E-state index in [1.54, 1.807) is 6.07 Å². The minimum absolute atomic E-state index is 0.0580. The van der Waals surface area contributed by atoms with Crippen LogP contribution in [0.4, 0.5) is 5.69 Å². The molecule has 4 rings (SSSR count). The van der Waals surface area contributed by atoms with Crippen molar-refractivity contribution < 1.29 is 0 Å². The predicted octanol–water partition coefficient (Wildman–Crippen LogP) is 3.24. The van der Waals surface area contributed by atoms with Gasteiger partial charge in [0.25, 0.3) is 0 Å². The van der Waals surface area contributed by atoms with E-state index in [9.17, 15) is 4.79 Å². The predicted molar refractivity (Wildman–Crippen MR) is 81.1 cm³/mol. The number of rotatable bonds is 1. The number of nitrogens with one attached hydrogen (secondary N) is 2. The summed E-state index contributed by atoms with van der Waals surface area (Å²) in [4.78, 5) is 14.3. The summed E-state index contributed by atoms with van der Waals surface area (Å²) >= 11 is 0. The zero-order chi connectivity index (χ0) is 13.5. The van der Waals surface area contributed by atoms with Crippen LogP contribution in [0.5, 0.6) is 0 Å². The molecule has 2 heterocycles. The van der Waals surface area contributed by atoms with Crippen LogP contribution in [0.2, 0.25) is 0 Å². The molecule has 20 heavy (non-hydrogen) atoms. The normalized spacial score (nSPS) is 16.9. The quantitative estimate of drug-likeness (QED) is 0.707. The molecule has 2 aromatic carbocycles. The molecular weight excluding hydrogens is 248 g/mol. The molecule has 1 aliphatic rings. The molecular formula is C17H14N2O. The van der Waals surface area contributed by atoms with Crippen molar-refractivity contribution in [1.29, 1.82) is 0 Å². The van der Waals surface area contributed by atoms with Crippen molar-refractivity contribution in [2.75, 3.05) is 5.32 Å². The van der Waals surface area contributed by atoms with Crippen molar-refractivity contribution in [3.05, 3.63) is 76.1 Å². The molecule has 3 nitrogen and oxygen atoms in total. The lowest BCUT2D eigenvalue weighted by Crippen LogP contribution is -2.07. The Morgan fingerprint density at radius 3 is 2.75 bits per heavy atom. The number of H-pyrrole nitrogens is 1. The largest absolute Gasteiger partial charge is 0.378 e. The lowest BCUT2D eigenvalue weighted by Gasteiger charge is -2.12. The third-order valence-corrected chi connectivity index (χ3v) is 3.92. The zero-order valence-corrected chi connectivity index (χ0v) is 10.9. The Kier molecular flexibility index (Phi) is 2.39. The van der Waals surface area contributed by atoms with Crippen molar-refractivity contribution in [2.45, 2.75) is 12.5 Å². The topological polar surface area (TPSA) is 44.9 Å². The average Bonchev–Trinajstić information content (AvgIpc) is 2.90. The highest BCUT2D eigenvalue weighted by Crippen LogP contribution is 2.34. The molecule has 1 unspecified atom stereocenters. The minimum atomic E-state index is -0.0580. The molecule has 0 saturated carbocycles. The van der Waals surface area contributed by atoms with Gasteiger partial charge in [0.2, 0.25) is 5.56 Å². The van der Waals surface area contributed by atoms with Crippen LogP contribution in [0.15, 0.2) is 59.4 Å². The molecule has 98 valence electrons. The molecule has 3 aromatic rings. The van der Waals surface area contributed by atoms with Gasteiger partial charge in [0, 0.05) is 17.3 Å². The molecule has 1 aromatic heterocycles. The van der Waals surface area contributed by atoms with Gasteiger partial charge in [-0.15, -0.1) is 0 Å². The molecule has 0 aliphatic carbocycles. The maximum Gasteiger partial charge on any atom is 0.248 e. The van der Waals surface area contributed by atoms with Crippen LogP contribution >= 0.6 is 0 Å². The highest BCUT2D eigenvalue weighted by Gasteiger charge is 2.21. The highest BCUT2D eigenvalue weighted by atomic mass is 16.1. The van der Waals surface area contributed by atoms with Crippen LogP contribution in [-0.4, -0.2) is 4.98 Å². The van der Waals surface area contributed by atoms with Crippen LogP contribution in [0.3, 0.4) is 0 Å². The van der Waals surface area contributed by atoms with Gasteiger partial charge in [0.15, 0.2) is 0 Å². The van der Waals surface area contributed by atoms with Crippen molar-refractivity contribution in [1.82, 2.24) is 4.98 Å². The van der Waals surface area contributed by atoms with E-state index in [0.717, 1.165) is 17.3 Å². The second kappa shape index (κ2) is 4.23. The van der Waals surface area contributed by atoms with E-state index in [0.29, 0.717) is 0 Å². The number of para-hydroxylation sites is 1. The number of aromatic nitrogens is 1. The van der Waals surface area contributed by atoms with Gasteiger partial charge in [-0.1, -0.05) is 30.3 Å². The first-order valence-corrected chi connectivity index (χ1v) is 6.77. The van der Waals surface area contributed by atoms with Gasteiger partial charge in [-0.2, -0.15) is 0 Å². The van der Waals surface area contributed by atoms with E-state index in [1.807, 2.05) is 12.1 Å². The van der Waals surface area contributed by atoms with E-state index in [1.165, 1.54) is 16.8 Å². The number of benzene rings is 2. The molecule has 0 spiro atoms. The monoisotopic (exact) mass is 262 g/mol. The fraction of sp³-hybridized carbons (Fsp3) is 0.118. The third-order valence-electron chi connectivity index (χ3n) is 3.92. The SMILES string of the molecule is O=c1ccc2ccc(C3Cc4ccccc4N3)cc2[nH]1. The Morgan fingerprint density at radius 1 is 1.00 bits per heavy atom. The fourth-order valence-corrected chi connectivity index (χ4v) is 2.88. The van der Waals surface area contributed by atoms with Gasteiger partial charge in [-0.3, -0.25) is 4.79 Å². The van der Waals surface area contributed by atoms with Gasteiger partial charge in [-0.25, -0.2) is 0 Å². The van der Waals surface area contributed by atoms with Crippen LogP contribution in [0.25, 0.3) is 10.9 Å².